The van der Waals surface area contributed by atoms with Crippen molar-refractivity contribution in [1.29, 1.82) is 0 Å². The van der Waals surface area contributed by atoms with Crippen molar-refractivity contribution >= 4 is 5.82 Å². The minimum absolute atomic E-state index is 0.190. The van der Waals surface area contributed by atoms with Crippen molar-refractivity contribution in [3.63, 3.8) is 0 Å². The highest BCUT2D eigenvalue weighted by Crippen LogP contribution is 2.34. The molecule has 27 heavy (non-hydrogen) atoms. The van der Waals surface area contributed by atoms with Crippen LogP contribution in [0.3, 0.4) is 0 Å². The maximum atomic E-state index is 10.5. The largest absolute Gasteiger partial charge is 0.507 e. The van der Waals surface area contributed by atoms with E-state index >= 15 is 0 Å². The lowest BCUT2D eigenvalue weighted by Crippen LogP contribution is -2.44. The van der Waals surface area contributed by atoms with E-state index in [9.17, 15) is 5.11 Å². The lowest BCUT2D eigenvalue weighted by atomic mass is 9.94. The fourth-order valence-electron chi connectivity index (χ4n) is 4.33. The van der Waals surface area contributed by atoms with Gasteiger partial charge in [-0.2, -0.15) is 5.10 Å². The first-order valence-corrected chi connectivity index (χ1v) is 9.43. The maximum absolute atomic E-state index is 10.5. The fourth-order valence-corrected chi connectivity index (χ4v) is 4.33. The topological polar surface area (TPSA) is 90.0 Å². The van der Waals surface area contributed by atoms with Gasteiger partial charge in [0.2, 0.25) is 0 Å². The molecule has 1 aromatic carbocycles. The lowest BCUT2D eigenvalue weighted by Gasteiger charge is -2.32. The zero-order valence-electron chi connectivity index (χ0n) is 15.0. The first-order chi connectivity index (χ1) is 13.3. The number of anilines is 1. The number of aromatic nitrogens is 4. The Hall–Kier alpha value is -2.93. The molecule has 0 saturated carbocycles. The van der Waals surface area contributed by atoms with Crippen LogP contribution in [0.5, 0.6) is 5.75 Å². The number of nitrogens with zero attached hydrogens (tertiary/aromatic N) is 4. The van der Waals surface area contributed by atoms with E-state index in [1.165, 1.54) is 6.42 Å². The van der Waals surface area contributed by atoms with Crippen molar-refractivity contribution in [3.05, 3.63) is 42.7 Å². The summed E-state index contributed by atoms with van der Waals surface area (Å²) in [5, 5.41) is 29.5. The summed E-state index contributed by atoms with van der Waals surface area (Å²) in [6.45, 7) is 3.21. The van der Waals surface area contributed by atoms with E-state index in [4.69, 9.17) is 0 Å². The number of hydrogen-bond donors (Lipinski definition) is 3. The van der Waals surface area contributed by atoms with E-state index in [1.54, 1.807) is 18.5 Å². The molecule has 3 N–H and O–H groups in total. The van der Waals surface area contributed by atoms with Gasteiger partial charge < -0.3 is 15.3 Å². The molecule has 2 unspecified atom stereocenters. The minimum Gasteiger partial charge on any atom is -0.507 e. The smallest absolute Gasteiger partial charge is 0.151 e. The van der Waals surface area contributed by atoms with Gasteiger partial charge in [0.25, 0.3) is 0 Å². The highest BCUT2D eigenvalue weighted by molar-refractivity contribution is 5.73. The number of hydrogen-bond acceptors (Lipinski definition) is 6. The SMILES string of the molecule is Oc1cc(-c2cn[nH]c2)ccc1-c1ccc(N2CCC3CNCCC32)nn1. The number of rotatable bonds is 3. The van der Waals surface area contributed by atoms with Gasteiger partial charge in [0.05, 0.1) is 11.9 Å². The third-order valence-corrected chi connectivity index (χ3v) is 5.76. The summed E-state index contributed by atoms with van der Waals surface area (Å²) in [6.07, 6.45) is 5.89. The summed E-state index contributed by atoms with van der Waals surface area (Å²) in [4.78, 5) is 2.39. The Balaban J connectivity index is 1.39. The quantitative estimate of drug-likeness (QED) is 0.663. The van der Waals surface area contributed by atoms with Gasteiger partial charge in [-0.15, -0.1) is 10.2 Å². The number of nitrogens with one attached hydrogen (secondary N) is 2. The third kappa shape index (κ3) is 2.94. The molecule has 2 saturated heterocycles. The standard InChI is InChI=1S/C20H22N6O/c27-19-9-13(15-11-22-23-12-15)1-2-16(19)17-3-4-20(25-24-17)26-8-6-14-10-21-7-5-18(14)26/h1-4,9,11-12,14,18,21,27H,5-8,10H2,(H,22,23). The normalized spacial score (nSPS) is 22.0. The molecule has 7 nitrogen and oxygen atoms in total. The zero-order valence-corrected chi connectivity index (χ0v) is 15.0. The number of aromatic amines is 1. The molecule has 2 fully saturated rings. The van der Waals surface area contributed by atoms with E-state index < -0.39 is 0 Å². The highest BCUT2D eigenvalue weighted by atomic mass is 16.3. The van der Waals surface area contributed by atoms with Crippen LogP contribution in [-0.2, 0) is 0 Å². The van der Waals surface area contributed by atoms with E-state index in [0.717, 1.165) is 43.0 Å². The number of phenols is 1. The first-order valence-electron chi connectivity index (χ1n) is 9.43. The van der Waals surface area contributed by atoms with Crippen LogP contribution < -0.4 is 10.2 Å². The van der Waals surface area contributed by atoms with Crippen LogP contribution >= 0.6 is 0 Å². The Morgan fingerprint density at radius 3 is 2.81 bits per heavy atom. The molecule has 0 bridgehead atoms. The summed E-state index contributed by atoms with van der Waals surface area (Å²) in [5.74, 6) is 1.83. The molecule has 4 heterocycles. The Kier molecular flexibility index (Phi) is 4.01. The van der Waals surface area contributed by atoms with Crippen LogP contribution in [0.1, 0.15) is 12.8 Å². The van der Waals surface area contributed by atoms with E-state index in [1.807, 2.05) is 24.3 Å². The molecule has 3 aromatic rings. The van der Waals surface area contributed by atoms with E-state index in [-0.39, 0.29) is 5.75 Å². The van der Waals surface area contributed by atoms with E-state index in [0.29, 0.717) is 23.2 Å². The van der Waals surface area contributed by atoms with Crippen LogP contribution in [0, 0.1) is 5.92 Å². The second kappa shape index (κ2) is 6.66. The average Bonchev–Trinajstić information content (AvgIpc) is 3.38. The number of benzene rings is 1. The molecule has 0 amide bonds. The van der Waals surface area contributed by atoms with Crippen molar-refractivity contribution in [3.8, 4) is 28.1 Å². The van der Waals surface area contributed by atoms with Gasteiger partial charge in [-0.05, 0) is 61.7 Å². The van der Waals surface area contributed by atoms with E-state index in [2.05, 4.69) is 30.6 Å². The number of H-pyrrole nitrogens is 1. The minimum atomic E-state index is 0.190. The molecule has 0 aliphatic carbocycles. The van der Waals surface area contributed by atoms with Crippen LogP contribution in [-0.4, -0.2) is 51.2 Å². The predicted octanol–water partition coefficient (Wildman–Crippen LogP) is 2.43. The second-order valence-electron chi connectivity index (χ2n) is 7.30. The van der Waals surface area contributed by atoms with Crippen molar-refractivity contribution in [2.75, 3.05) is 24.5 Å². The Labute approximate surface area is 157 Å². The number of fused-ring (bicyclic) bond motifs is 1. The predicted molar refractivity (Wildman–Crippen MR) is 103 cm³/mol. The van der Waals surface area contributed by atoms with Crippen molar-refractivity contribution in [1.82, 2.24) is 25.7 Å². The summed E-state index contributed by atoms with van der Waals surface area (Å²) >= 11 is 0. The van der Waals surface area contributed by atoms with Crippen molar-refractivity contribution in [2.24, 2.45) is 5.92 Å². The van der Waals surface area contributed by atoms with Gasteiger partial charge >= 0.3 is 0 Å². The molecule has 138 valence electrons. The summed E-state index contributed by atoms with van der Waals surface area (Å²) in [7, 11) is 0. The molecule has 2 aliphatic rings. The number of phenolic OH excluding ortho intramolecular Hbond substituents is 1. The number of piperidine rings is 1. The highest BCUT2D eigenvalue weighted by Gasteiger charge is 2.36. The van der Waals surface area contributed by atoms with Crippen LogP contribution in [0.15, 0.2) is 42.7 Å². The van der Waals surface area contributed by atoms with Gasteiger partial charge in [0.1, 0.15) is 5.75 Å². The van der Waals surface area contributed by atoms with Crippen LogP contribution in [0.25, 0.3) is 22.4 Å². The molecule has 7 heteroatoms. The van der Waals surface area contributed by atoms with Gasteiger partial charge in [-0.1, -0.05) is 6.07 Å². The van der Waals surface area contributed by atoms with Gasteiger partial charge in [-0.25, -0.2) is 0 Å². The third-order valence-electron chi connectivity index (χ3n) is 5.76. The molecule has 0 spiro atoms. The summed E-state index contributed by atoms with van der Waals surface area (Å²) in [6, 6.07) is 10.1. The Morgan fingerprint density at radius 1 is 1.07 bits per heavy atom. The Bertz CT molecular complexity index is 924. The fraction of sp³-hybridized carbons (Fsp3) is 0.350. The van der Waals surface area contributed by atoms with Crippen LogP contribution in [0.2, 0.25) is 0 Å². The second-order valence-corrected chi connectivity index (χ2v) is 7.30. The molecule has 0 radical (unpaired) electrons. The Morgan fingerprint density at radius 2 is 2.04 bits per heavy atom. The monoisotopic (exact) mass is 362 g/mol. The zero-order chi connectivity index (χ0) is 18.2. The number of aromatic hydroxyl groups is 1. The lowest BCUT2D eigenvalue weighted by molar-refractivity contribution is 0.360. The molecule has 2 aromatic heterocycles. The molecule has 5 rings (SSSR count). The summed E-state index contributed by atoms with van der Waals surface area (Å²) < 4.78 is 0. The van der Waals surface area contributed by atoms with Gasteiger partial charge in [-0.3, -0.25) is 5.10 Å². The maximum Gasteiger partial charge on any atom is 0.151 e. The molecular weight excluding hydrogens is 340 g/mol. The molecule has 2 aliphatic heterocycles. The van der Waals surface area contributed by atoms with Gasteiger partial charge in [0.15, 0.2) is 5.82 Å². The molecule has 2 atom stereocenters. The van der Waals surface area contributed by atoms with Crippen molar-refractivity contribution < 1.29 is 5.11 Å². The first kappa shape index (κ1) is 16.3. The molecular formula is C20H22N6O. The average molecular weight is 362 g/mol. The summed E-state index contributed by atoms with van der Waals surface area (Å²) in [5.41, 5.74) is 3.20. The van der Waals surface area contributed by atoms with Gasteiger partial charge in [0, 0.05) is 29.9 Å². The van der Waals surface area contributed by atoms with Crippen molar-refractivity contribution in [2.45, 2.75) is 18.9 Å². The van der Waals surface area contributed by atoms with Crippen LogP contribution in [0.4, 0.5) is 5.82 Å².